The Kier molecular flexibility index (Phi) is 43.1. The Bertz CT molecular complexity index is 5990. The number of methoxy groups -OCH3 is 10. The van der Waals surface area contributed by atoms with Gasteiger partial charge in [-0.15, -0.1) is 0 Å². The highest BCUT2D eigenvalue weighted by molar-refractivity contribution is 5.64. The van der Waals surface area contributed by atoms with E-state index in [-0.39, 0.29) is 27.1 Å². The molecule has 12 aromatic carbocycles. The molecule has 12 aromatic rings. The lowest BCUT2D eigenvalue weighted by Gasteiger charge is -2.40. The highest BCUT2D eigenvalue weighted by Crippen LogP contribution is 2.48. The molecule has 21 nitrogen and oxygen atoms in total. The van der Waals surface area contributed by atoms with Crippen LogP contribution in [0.2, 0.25) is 0 Å². The van der Waals surface area contributed by atoms with Gasteiger partial charge < -0.3 is 97.0 Å². The number of nitrogens with one attached hydrogen (secondary N) is 2. The molecule has 21 heteroatoms. The highest BCUT2D eigenvalue weighted by atomic mass is 16.5. The second kappa shape index (κ2) is 57.3. The standard InChI is InChI=1S/C29H36N2O2.C27H32N2O2.C25H34N2O3.C25H36N2O2.C23H32N2O2/c1-4-30(25-13-6-5-7-14-25)23-29(24-12-10-15-26(22-24)32-2)18-11-20-31(21-19-29)27-16-8-9-17-28(27)33-3;1-30-24-13-8-10-22(20-24)27(21-28-23-11-4-3-5-12-23)16-9-18-29(19-17-27)25-14-6-7-15-26(25)31-2;1-28-22-8-5-7-21(19-22)25(20-26-15-17-30-18-16-26)11-6-13-27(14-12-25)23-9-3-4-10-24(23)29-2;1-5-26(6-2)20-25(21-11-9-12-22(19-21)28-3)15-10-17-27(18-16-25)23-13-7-8-14-24(23)29-4;1-4-24-18-23(19-9-7-10-20(17-19)26-2)13-8-15-25(16-14-23)21-11-5-6-12-22(21)27-3/h5-10,12-17,22H,4,11,18-21,23H2,1-3H3;3-8,10-15,20,28H,9,16-19,21H2,1-2H3;3-5,7-10,19H,6,11-18,20H2,1-2H3;7-9,11-14,19H,5-6,10,15-18,20H2,1-4H3;5-7,9-12,17,24H,4,8,13-16,18H2,1-3H3. The fourth-order valence-electron chi connectivity index (χ4n) is 23.8. The molecule has 5 atom stereocenters. The maximum atomic E-state index is 5.68. The zero-order valence-corrected chi connectivity index (χ0v) is 92.3. The molecule has 6 heterocycles. The first-order chi connectivity index (χ1) is 73.5. The summed E-state index contributed by atoms with van der Waals surface area (Å²) < 4.78 is 61.6. The predicted molar refractivity (Wildman–Crippen MR) is 622 cm³/mol. The van der Waals surface area contributed by atoms with Gasteiger partial charge in [-0.2, -0.15) is 0 Å². The Hall–Kier alpha value is -12.9. The van der Waals surface area contributed by atoms with Gasteiger partial charge in [-0.05, 0) is 296 Å². The van der Waals surface area contributed by atoms with Crippen LogP contribution in [-0.4, -0.2) is 232 Å². The van der Waals surface area contributed by atoms with E-state index in [2.05, 4.69) is 308 Å². The van der Waals surface area contributed by atoms with Crippen LogP contribution in [0.4, 0.5) is 39.8 Å². The third-order valence-electron chi connectivity index (χ3n) is 32.4. The second-order valence-electron chi connectivity index (χ2n) is 40.8. The van der Waals surface area contributed by atoms with Gasteiger partial charge in [-0.1, -0.05) is 178 Å². The summed E-state index contributed by atoms with van der Waals surface area (Å²) in [5.74, 6) is 9.46. The minimum Gasteiger partial charge on any atom is -0.497 e. The van der Waals surface area contributed by atoms with Crippen molar-refractivity contribution in [3.8, 4) is 57.5 Å². The van der Waals surface area contributed by atoms with Gasteiger partial charge in [0.25, 0.3) is 0 Å². The first kappa shape index (κ1) is 113. The number of hydrogen-bond donors (Lipinski definition) is 2. The molecule has 18 rings (SSSR count). The van der Waals surface area contributed by atoms with Crippen LogP contribution in [0.3, 0.4) is 0 Å². The summed E-state index contributed by atoms with van der Waals surface area (Å²) in [4.78, 5) is 20.1. The summed E-state index contributed by atoms with van der Waals surface area (Å²) in [6, 6.07) is 107. The smallest absolute Gasteiger partial charge is 0.142 e. The fourth-order valence-corrected chi connectivity index (χ4v) is 23.8. The molecule has 0 aliphatic carbocycles. The van der Waals surface area contributed by atoms with E-state index in [1.165, 1.54) is 81.2 Å². The second-order valence-corrected chi connectivity index (χ2v) is 40.8. The number of nitrogens with zero attached hydrogens (tertiary/aromatic N) is 8. The predicted octanol–water partition coefficient (Wildman–Crippen LogP) is 25.1. The van der Waals surface area contributed by atoms with Crippen molar-refractivity contribution in [2.75, 3.05) is 256 Å². The summed E-state index contributed by atoms with van der Waals surface area (Å²) in [6.07, 6.45) is 16.9. The van der Waals surface area contributed by atoms with E-state index >= 15 is 0 Å². The zero-order valence-electron chi connectivity index (χ0n) is 92.3. The maximum Gasteiger partial charge on any atom is 0.142 e. The van der Waals surface area contributed by atoms with Crippen LogP contribution in [0.5, 0.6) is 57.5 Å². The van der Waals surface area contributed by atoms with Crippen LogP contribution in [0, 0.1) is 0 Å². The molecule has 2 N–H and O–H groups in total. The molecule has 802 valence electrons. The van der Waals surface area contributed by atoms with Crippen molar-refractivity contribution in [1.29, 1.82) is 0 Å². The lowest BCUT2D eigenvalue weighted by atomic mass is 9.74. The Morgan fingerprint density at radius 2 is 0.553 bits per heavy atom. The van der Waals surface area contributed by atoms with Crippen LogP contribution in [-0.2, 0) is 31.8 Å². The first-order valence-electron chi connectivity index (χ1n) is 55.0. The normalized spacial score (nSPS) is 20.0. The Balaban J connectivity index is 0.000000148. The van der Waals surface area contributed by atoms with Crippen molar-refractivity contribution in [3.63, 3.8) is 0 Å². The van der Waals surface area contributed by atoms with E-state index in [9.17, 15) is 0 Å². The molecule has 6 saturated heterocycles. The topological polar surface area (TPSA) is 152 Å². The average Bonchev–Trinajstić information content (AvgIpc) is 1.50. The molecule has 0 spiro atoms. The van der Waals surface area contributed by atoms with Crippen molar-refractivity contribution in [1.82, 2.24) is 15.1 Å². The zero-order chi connectivity index (χ0) is 105. The molecule has 0 aromatic heterocycles. The van der Waals surface area contributed by atoms with E-state index in [4.69, 9.17) is 52.1 Å². The van der Waals surface area contributed by atoms with Gasteiger partial charge in [0.1, 0.15) is 57.5 Å². The third kappa shape index (κ3) is 29.5. The quantitative estimate of drug-likeness (QED) is 0.0383. The summed E-state index contributed by atoms with van der Waals surface area (Å²) in [7, 11) is 17.5. The van der Waals surface area contributed by atoms with E-state index in [1.54, 1.807) is 71.1 Å². The molecule has 150 heavy (non-hydrogen) atoms. The summed E-state index contributed by atoms with van der Waals surface area (Å²) >= 11 is 0. The maximum absolute atomic E-state index is 5.68. The minimum absolute atomic E-state index is 0.0289. The van der Waals surface area contributed by atoms with Crippen molar-refractivity contribution in [2.45, 2.75) is 151 Å². The number of para-hydroxylation sites is 12. The molecule has 0 bridgehead atoms. The first-order valence-corrected chi connectivity index (χ1v) is 55.0. The molecule has 6 aliphatic rings. The summed E-state index contributed by atoms with van der Waals surface area (Å²) in [5, 5.41) is 7.33. The number of morpholine rings is 1. The molecule has 0 radical (unpaired) electrons. The largest absolute Gasteiger partial charge is 0.497 e. The number of likely N-dealkylation sites (N-methyl/N-ethyl adjacent to an activating group) is 3. The molecular weight excluding hydrogens is 1870 g/mol. The molecular formula is C129H170N10O11. The van der Waals surface area contributed by atoms with Gasteiger partial charge in [-0.3, -0.25) is 4.90 Å². The van der Waals surface area contributed by atoms with E-state index < -0.39 is 0 Å². The lowest BCUT2D eigenvalue weighted by molar-refractivity contribution is 0.0252. The number of rotatable bonds is 36. The number of benzene rings is 12. The monoisotopic (exact) mass is 2040 g/mol. The fraction of sp³-hybridized carbons (Fsp3) is 0.442. The van der Waals surface area contributed by atoms with Gasteiger partial charge in [0.15, 0.2) is 0 Å². The number of anilines is 7. The van der Waals surface area contributed by atoms with Crippen molar-refractivity contribution in [3.05, 3.63) is 331 Å². The Morgan fingerprint density at radius 3 is 0.880 bits per heavy atom. The average molecular weight is 2040 g/mol. The number of hydrogen-bond acceptors (Lipinski definition) is 21. The summed E-state index contributed by atoms with van der Waals surface area (Å²) in [6.45, 7) is 32.1. The van der Waals surface area contributed by atoms with Crippen LogP contribution < -0.4 is 87.4 Å². The van der Waals surface area contributed by atoms with E-state index in [0.717, 1.165) is 291 Å². The van der Waals surface area contributed by atoms with Crippen LogP contribution >= 0.6 is 0 Å². The highest BCUT2D eigenvalue weighted by Gasteiger charge is 2.43. The third-order valence-corrected chi connectivity index (χ3v) is 32.4. The Morgan fingerprint density at radius 1 is 0.267 bits per heavy atom. The molecule has 0 saturated carbocycles. The van der Waals surface area contributed by atoms with Gasteiger partial charge in [0.05, 0.1) is 113 Å². The van der Waals surface area contributed by atoms with Crippen LogP contribution in [0.15, 0.2) is 303 Å². The van der Waals surface area contributed by atoms with Crippen LogP contribution in [0.25, 0.3) is 0 Å². The van der Waals surface area contributed by atoms with E-state index in [0.29, 0.717) is 0 Å². The van der Waals surface area contributed by atoms with Gasteiger partial charge in [-0.25, -0.2) is 0 Å². The molecule has 6 fully saturated rings. The SMILES string of the molecule is CCN(CC)CC1(c2cccc(OC)c2)CCCN(c2ccccc2OC)CC1.CCN(CC1(c2cccc(OC)c2)CCCN(c2ccccc2OC)CC1)c1ccccc1.CCNCC1(c2cccc(OC)c2)CCCN(c2ccccc2OC)CC1.COc1cccc(C2(CN3CCOCC3)CCCN(c3ccccc3OC)CC2)c1.COc1cccc(C2(CNc3ccccc3)CCCN(c3ccccc3OC)CC2)c1. The van der Waals surface area contributed by atoms with Gasteiger partial charge in [0.2, 0.25) is 0 Å². The van der Waals surface area contributed by atoms with Gasteiger partial charge in [0, 0.05) is 156 Å². The minimum atomic E-state index is 0.0289. The van der Waals surface area contributed by atoms with Crippen molar-refractivity contribution < 1.29 is 52.1 Å². The van der Waals surface area contributed by atoms with Crippen LogP contribution in [0.1, 0.15) is 152 Å². The number of ether oxygens (including phenoxy) is 11. The summed E-state index contributed by atoms with van der Waals surface area (Å²) in [5.41, 5.74) is 15.8. The molecule has 6 aliphatic heterocycles. The van der Waals surface area contributed by atoms with Gasteiger partial charge >= 0.3 is 0 Å². The Labute approximate surface area is 897 Å². The van der Waals surface area contributed by atoms with Crippen molar-refractivity contribution in [2.24, 2.45) is 0 Å². The molecule has 0 amide bonds. The molecule has 5 unspecified atom stereocenters. The van der Waals surface area contributed by atoms with Crippen molar-refractivity contribution >= 4 is 39.8 Å². The van der Waals surface area contributed by atoms with E-state index in [1.807, 2.05) is 72.8 Å². The lowest BCUT2D eigenvalue weighted by Crippen LogP contribution is -2.46.